The van der Waals surface area contributed by atoms with Crippen LogP contribution in [0.5, 0.6) is 0 Å². The van der Waals surface area contributed by atoms with Gasteiger partial charge in [-0.2, -0.15) is 0 Å². The maximum atomic E-state index is 2.49. The standard InChI is InChI=1S/C60H40N2SSi/c1-4-19-44(20-5-1)64(45-21-6-2-7-22-45,46-23-8-3-9-24-46)47-25-16-18-42(39-47)61-55-31-13-11-27-50(55)53-38-41(34-36-57(53)61)48-29-17-30-52-49-26-10-14-32-56(49)62(60(48)52)43-35-37-59-54(40-43)51-28-12-15-33-58(51)63-59/h1-40H. The van der Waals surface area contributed by atoms with Crippen LogP contribution < -0.4 is 20.7 Å². The monoisotopic (exact) mass is 848 g/mol. The van der Waals surface area contributed by atoms with Crippen LogP contribution in [-0.4, -0.2) is 17.2 Å². The highest BCUT2D eigenvalue weighted by Crippen LogP contribution is 2.42. The Labute approximate surface area is 376 Å². The fourth-order valence-corrected chi connectivity index (χ4v) is 16.6. The second kappa shape index (κ2) is 14.7. The lowest BCUT2D eigenvalue weighted by Crippen LogP contribution is -2.74. The summed E-state index contributed by atoms with van der Waals surface area (Å²) in [6.45, 7) is 0. The van der Waals surface area contributed by atoms with Crippen LogP contribution in [0.4, 0.5) is 0 Å². The Morgan fingerprint density at radius 2 is 0.812 bits per heavy atom. The number of hydrogen-bond acceptors (Lipinski definition) is 1. The summed E-state index contributed by atoms with van der Waals surface area (Å²) >= 11 is 1.87. The summed E-state index contributed by atoms with van der Waals surface area (Å²) in [6, 6.07) is 90.5. The molecule has 0 saturated heterocycles. The van der Waals surface area contributed by atoms with E-state index in [2.05, 4.69) is 252 Å². The molecule has 0 aliphatic rings. The Hall–Kier alpha value is -7.76. The van der Waals surface area contributed by atoms with Gasteiger partial charge < -0.3 is 9.13 Å². The van der Waals surface area contributed by atoms with E-state index in [1.165, 1.54) is 101 Å². The smallest absolute Gasteiger partial charge is 0.179 e. The first kappa shape index (κ1) is 36.9. The average Bonchev–Trinajstić information content (AvgIpc) is 4.03. The predicted molar refractivity (Wildman–Crippen MR) is 277 cm³/mol. The second-order valence-corrected chi connectivity index (χ2v) is 21.7. The molecule has 13 rings (SSSR count). The summed E-state index contributed by atoms with van der Waals surface area (Å²) in [7, 11) is -2.75. The van der Waals surface area contributed by atoms with Gasteiger partial charge in [0.25, 0.3) is 0 Å². The molecule has 0 fully saturated rings. The Bertz CT molecular complexity index is 3800. The zero-order valence-corrected chi connectivity index (χ0v) is 36.7. The minimum Gasteiger partial charge on any atom is -0.309 e. The molecule has 0 aliphatic heterocycles. The molecule has 0 saturated carbocycles. The van der Waals surface area contributed by atoms with Crippen molar-refractivity contribution < 1.29 is 0 Å². The summed E-state index contributed by atoms with van der Waals surface area (Å²) in [4.78, 5) is 0. The summed E-state index contributed by atoms with van der Waals surface area (Å²) in [6.07, 6.45) is 0. The van der Waals surface area contributed by atoms with Crippen molar-refractivity contribution in [2.24, 2.45) is 0 Å². The van der Waals surface area contributed by atoms with Crippen molar-refractivity contribution in [1.82, 2.24) is 9.13 Å². The van der Waals surface area contributed by atoms with Crippen molar-refractivity contribution in [2.75, 3.05) is 0 Å². The van der Waals surface area contributed by atoms with Gasteiger partial charge in [0.15, 0.2) is 8.07 Å². The lowest BCUT2D eigenvalue weighted by molar-refractivity contribution is 1.18. The zero-order valence-electron chi connectivity index (χ0n) is 34.9. The third-order valence-electron chi connectivity index (χ3n) is 13.5. The number of thiophene rings is 1. The Balaban J connectivity index is 1.03. The molecular weight excluding hydrogens is 809 g/mol. The molecule has 0 spiro atoms. The van der Waals surface area contributed by atoms with E-state index >= 15 is 0 Å². The van der Waals surface area contributed by atoms with E-state index in [0.29, 0.717) is 0 Å². The largest absolute Gasteiger partial charge is 0.309 e. The molecule has 3 aromatic heterocycles. The maximum Gasteiger partial charge on any atom is 0.179 e. The molecule has 10 aromatic carbocycles. The molecule has 0 bridgehead atoms. The maximum absolute atomic E-state index is 2.75. The highest BCUT2D eigenvalue weighted by Gasteiger charge is 2.41. The van der Waals surface area contributed by atoms with Crippen LogP contribution in [0.25, 0.3) is 86.3 Å². The van der Waals surface area contributed by atoms with Gasteiger partial charge in [0, 0.05) is 58.7 Å². The molecule has 3 heterocycles. The summed E-state index contributed by atoms with van der Waals surface area (Å²) < 4.78 is 7.61. The van der Waals surface area contributed by atoms with E-state index in [1.54, 1.807) is 0 Å². The van der Waals surface area contributed by atoms with Gasteiger partial charge in [0.1, 0.15) is 0 Å². The minimum absolute atomic E-state index is 1.16. The first-order valence-electron chi connectivity index (χ1n) is 22.0. The molecule has 0 radical (unpaired) electrons. The molecule has 300 valence electrons. The van der Waals surface area contributed by atoms with Crippen LogP contribution >= 0.6 is 11.3 Å². The van der Waals surface area contributed by atoms with Crippen molar-refractivity contribution in [3.63, 3.8) is 0 Å². The highest BCUT2D eigenvalue weighted by atomic mass is 32.1. The lowest BCUT2D eigenvalue weighted by Gasteiger charge is -2.34. The molecule has 13 aromatic rings. The molecule has 0 atom stereocenters. The number of para-hydroxylation sites is 3. The summed E-state index contributed by atoms with van der Waals surface area (Å²) in [5, 5.41) is 13.1. The molecule has 4 heteroatoms. The first-order valence-corrected chi connectivity index (χ1v) is 24.8. The molecule has 0 aliphatic carbocycles. The zero-order chi connectivity index (χ0) is 42.2. The van der Waals surface area contributed by atoms with Gasteiger partial charge in [0.2, 0.25) is 0 Å². The SMILES string of the molecule is c1ccc([Si](c2ccccc2)(c2ccccc2)c2cccc(-n3c4ccccc4c4cc(-c5cccc6c7ccccc7n(-c7ccc8sc9ccccc9c8c7)c56)ccc43)c2)cc1. The molecule has 0 N–H and O–H groups in total. The number of fused-ring (bicyclic) bond motifs is 9. The highest BCUT2D eigenvalue weighted by molar-refractivity contribution is 7.25. The predicted octanol–water partition coefficient (Wildman–Crippen LogP) is 13.3. The van der Waals surface area contributed by atoms with Crippen LogP contribution in [0.3, 0.4) is 0 Å². The van der Waals surface area contributed by atoms with Gasteiger partial charge in [-0.05, 0) is 87.0 Å². The third-order valence-corrected chi connectivity index (χ3v) is 19.4. The Morgan fingerprint density at radius 1 is 0.297 bits per heavy atom. The van der Waals surface area contributed by atoms with E-state index in [4.69, 9.17) is 0 Å². The normalized spacial score (nSPS) is 12.1. The topological polar surface area (TPSA) is 9.86 Å². The van der Waals surface area contributed by atoms with Crippen molar-refractivity contribution in [2.45, 2.75) is 0 Å². The van der Waals surface area contributed by atoms with Gasteiger partial charge in [0.05, 0.1) is 22.1 Å². The summed E-state index contributed by atoms with van der Waals surface area (Å²) in [5.74, 6) is 0. The third kappa shape index (κ3) is 5.50. The van der Waals surface area contributed by atoms with Crippen LogP contribution in [-0.2, 0) is 0 Å². The number of rotatable bonds is 7. The first-order chi connectivity index (χ1) is 31.8. The van der Waals surface area contributed by atoms with Crippen molar-refractivity contribution >= 4 is 104 Å². The van der Waals surface area contributed by atoms with Gasteiger partial charge in [-0.3, -0.25) is 0 Å². The van der Waals surface area contributed by atoms with Gasteiger partial charge in [-0.1, -0.05) is 182 Å². The number of aromatic nitrogens is 2. The Kier molecular flexibility index (Phi) is 8.45. The van der Waals surface area contributed by atoms with Crippen LogP contribution in [0.1, 0.15) is 0 Å². The van der Waals surface area contributed by atoms with Crippen LogP contribution in [0, 0.1) is 0 Å². The lowest BCUT2D eigenvalue weighted by atomic mass is 10.00. The second-order valence-electron chi connectivity index (χ2n) is 16.8. The number of hydrogen-bond donors (Lipinski definition) is 0. The fraction of sp³-hybridized carbons (Fsp3) is 0. The van der Waals surface area contributed by atoms with Gasteiger partial charge >= 0.3 is 0 Å². The molecule has 2 nitrogen and oxygen atoms in total. The van der Waals surface area contributed by atoms with Crippen molar-refractivity contribution in [3.05, 3.63) is 243 Å². The van der Waals surface area contributed by atoms with Crippen LogP contribution in [0.2, 0.25) is 0 Å². The van der Waals surface area contributed by atoms with Gasteiger partial charge in [-0.15, -0.1) is 11.3 Å². The fourth-order valence-electron chi connectivity index (χ4n) is 10.7. The van der Waals surface area contributed by atoms with E-state index in [0.717, 1.165) is 5.69 Å². The Morgan fingerprint density at radius 3 is 1.52 bits per heavy atom. The number of nitrogens with zero attached hydrogens (tertiary/aromatic N) is 2. The average molecular weight is 849 g/mol. The quantitative estimate of drug-likeness (QED) is 0.112. The van der Waals surface area contributed by atoms with E-state index in [9.17, 15) is 0 Å². The van der Waals surface area contributed by atoms with Crippen molar-refractivity contribution in [3.8, 4) is 22.5 Å². The van der Waals surface area contributed by atoms with Gasteiger partial charge in [-0.25, -0.2) is 0 Å². The van der Waals surface area contributed by atoms with E-state index in [1.807, 2.05) is 11.3 Å². The van der Waals surface area contributed by atoms with E-state index < -0.39 is 8.07 Å². The van der Waals surface area contributed by atoms with Crippen molar-refractivity contribution in [1.29, 1.82) is 0 Å². The molecule has 64 heavy (non-hydrogen) atoms. The minimum atomic E-state index is -2.75. The van der Waals surface area contributed by atoms with E-state index in [-0.39, 0.29) is 0 Å². The molecular formula is C60H40N2SSi. The summed E-state index contributed by atoms with van der Waals surface area (Å²) in [5.41, 5.74) is 9.57. The van der Waals surface area contributed by atoms with Crippen LogP contribution in [0.15, 0.2) is 243 Å². The molecule has 0 unspecified atom stereocenters. The molecule has 0 amide bonds. The number of benzene rings is 10.